The number of hydrogen-bond acceptors (Lipinski definition) is 5. The Bertz CT molecular complexity index is 1030. The van der Waals surface area contributed by atoms with Gasteiger partial charge in [-0.25, -0.2) is 17.2 Å². The topological polar surface area (TPSA) is 84.9 Å². The fourth-order valence-corrected chi connectivity index (χ4v) is 5.04. The summed E-state index contributed by atoms with van der Waals surface area (Å²) in [5, 5.41) is 2.25. The molecule has 0 radical (unpaired) electrons. The number of sulfonamides is 1. The summed E-state index contributed by atoms with van der Waals surface area (Å²) in [5.41, 5.74) is -0.544. The number of rotatable bonds is 6. The number of para-hydroxylation sites is 1. The van der Waals surface area contributed by atoms with Crippen molar-refractivity contribution < 1.29 is 31.5 Å². The quantitative estimate of drug-likeness (QED) is 0.747. The van der Waals surface area contributed by atoms with E-state index in [1.54, 1.807) is 6.07 Å². The van der Waals surface area contributed by atoms with Gasteiger partial charge in [-0.05, 0) is 37.1 Å². The molecule has 3 rings (SSSR count). The van der Waals surface area contributed by atoms with Crippen molar-refractivity contribution in [2.45, 2.75) is 17.7 Å². The number of nitrogens with zero attached hydrogens (tertiary/aromatic N) is 1. The maximum atomic E-state index is 13.8. The zero-order valence-corrected chi connectivity index (χ0v) is 17.3. The molecular formula is C20H22F2N2O5S. The molecule has 7 nitrogen and oxygen atoms in total. The lowest BCUT2D eigenvalue weighted by Gasteiger charge is -2.31. The van der Waals surface area contributed by atoms with E-state index in [0.29, 0.717) is 18.6 Å². The molecule has 1 atom stereocenters. The van der Waals surface area contributed by atoms with Crippen LogP contribution in [0.15, 0.2) is 41.3 Å². The molecule has 10 heteroatoms. The Hall–Kier alpha value is -2.72. The molecule has 2 aromatic rings. The average Bonchev–Trinajstić information content (AvgIpc) is 2.75. The van der Waals surface area contributed by atoms with E-state index in [0.717, 1.165) is 12.1 Å². The lowest BCUT2D eigenvalue weighted by atomic mass is 9.98. The predicted octanol–water partition coefficient (Wildman–Crippen LogP) is 3.02. The molecule has 1 unspecified atom stereocenters. The molecule has 1 amide bonds. The van der Waals surface area contributed by atoms with E-state index in [1.807, 2.05) is 0 Å². The largest absolute Gasteiger partial charge is 0.497 e. The van der Waals surface area contributed by atoms with E-state index in [4.69, 9.17) is 9.47 Å². The zero-order valence-electron chi connectivity index (χ0n) is 16.5. The summed E-state index contributed by atoms with van der Waals surface area (Å²) in [5.74, 6) is -2.71. The number of halogens is 2. The van der Waals surface area contributed by atoms with E-state index in [9.17, 15) is 22.0 Å². The van der Waals surface area contributed by atoms with Gasteiger partial charge < -0.3 is 14.8 Å². The number of nitrogens with one attached hydrogen (secondary N) is 1. The fraction of sp³-hybridized carbons (Fsp3) is 0.350. The molecule has 0 bridgehead atoms. The average molecular weight is 440 g/mol. The second kappa shape index (κ2) is 8.97. The third-order valence-corrected chi connectivity index (χ3v) is 6.84. The summed E-state index contributed by atoms with van der Waals surface area (Å²) < 4.78 is 65.5. The van der Waals surface area contributed by atoms with Crippen LogP contribution < -0.4 is 14.8 Å². The molecule has 162 valence electrons. The third-order valence-electron chi connectivity index (χ3n) is 4.95. The highest BCUT2D eigenvalue weighted by Crippen LogP contribution is 2.33. The smallest absolute Gasteiger partial charge is 0.246 e. The Labute approximate surface area is 173 Å². The minimum absolute atomic E-state index is 0.0782. The van der Waals surface area contributed by atoms with E-state index in [1.165, 1.54) is 36.7 Å². The van der Waals surface area contributed by atoms with Crippen molar-refractivity contribution in [2.75, 3.05) is 32.6 Å². The van der Waals surface area contributed by atoms with Crippen LogP contribution in [0.5, 0.6) is 11.5 Å². The number of ether oxygens (including phenoxy) is 2. The molecular weight excluding hydrogens is 418 g/mol. The summed E-state index contributed by atoms with van der Waals surface area (Å²) in [4.78, 5) is 12.5. The van der Waals surface area contributed by atoms with Crippen molar-refractivity contribution in [3.63, 3.8) is 0 Å². The summed E-state index contributed by atoms with van der Waals surface area (Å²) in [6.07, 6.45) is 0.812. The SMILES string of the molecule is COc1ccc(OC)c(S(=O)(=O)N2CCCC(C(=O)Nc3c(F)cccc3F)C2)c1. The normalized spacial score (nSPS) is 17.4. The van der Waals surface area contributed by atoms with E-state index < -0.39 is 39.2 Å². The van der Waals surface area contributed by atoms with Gasteiger partial charge in [0.25, 0.3) is 0 Å². The van der Waals surface area contributed by atoms with Gasteiger partial charge in [0.05, 0.1) is 20.1 Å². The lowest BCUT2D eigenvalue weighted by molar-refractivity contribution is -0.120. The monoisotopic (exact) mass is 440 g/mol. The number of carbonyl (C=O) groups is 1. The number of anilines is 1. The van der Waals surface area contributed by atoms with E-state index in [-0.39, 0.29) is 23.7 Å². The molecule has 0 aliphatic carbocycles. The maximum Gasteiger partial charge on any atom is 0.246 e. The summed E-state index contributed by atoms with van der Waals surface area (Å²) in [6.45, 7) is 0.0884. The van der Waals surface area contributed by atoms with Crippen LogP contribution in [0.3, 0.4) is 0 Å². The fourth-order valence-electron chi connectivity index (χ4n) is 3.34. The molecule has 0 aromatic heterocycles. The van der Waals surface area contributed by atoms with Crippen molar-refractivity contribution in [1.82, 2.24) is 4.31 Å². The van der Waals surface area contributed by atoms with Crippen molar-refractivity contribution >= 4 is 21.6 Å². The van der Waals surface area contributed by atoms with Gasteiger partial charge in [0, 0.05) is 19.2 Å². The number of methoxy groups -OCH3 is 2. The minimum atomic E-state index is -3.99. The Kier molecular flexibility index (Phi) is 6.57. The maximum absolute atomic E-state index is 13.8. The van der Waals surface area contributed by atoms with E-state index >= 15 is 0 Å². The van der Waals surface area contributed by atoms with Gasteiger partial charge in [-0.1, -0.05) is 6.07 Å². The van der Waals surface area contributed by atoms with Crippen LogP contribution in [-0.2, 0) is 14.8 Å². The summed E-state index contributed by atoms with van der Waals surface area (Å²) in [7, 11) is -1.22. The molecule has 0 saturated carbocycles. The van der Waals surface area contributed by atoms with Crippen LogP contribution in [0.2, 0.25) is 0 Å². The summed E-state index contributed by atoms with van der Waals surface area (Å²) in [6, 6.07) is 7.67. The predicted molar refractivity (Wildman–Crippen MR) is 106 cm³/mol. The minimum Gasteiger partial charge on any atom is -0.497 e. The van der Waals surface area contributed by atoms with Crippen molar-refractivity contribution in [3.8, 4) is 11.5 Å². The lowest BCUT2D eigenvalue weighted by Crippen LogP contribution is -2.43. The molecule has 1 fully saturated rings. The number of carbonyl (C=O) groups excluding carboxylic acids is 1. The molecule has 30 heavy (non-hydrogen) atoms. The molecule has 0 spiro atoms. The van der Waals surface area contributed by atoms with Crippen LogP contribution in [0.4, 0.5) is 14.5 Å². The van der Waals surface area contributed by atoms with Gasteiger partial charge in [0.2, 0.25) is 15.9 Å². The summed E-state index contributed by atoms with van der Waals surface area (Å²) >= 11 is 0. The van der Waals surface area contributed by atoms with Crippen molar-refractivity contribution in [2.24, 2.45) is 5.92 Å². The molecule has 1 aliphatic rings. The van der Waals surface area contributed by atoms with Crippen LogP contribution in [-0.4, -0.2) is 45.9 Å². The Morgan fingerprint density at radius 2 is 1.83 bits per heavy atom. The zero-order chi connectivity index (χ0) is 21.9. The second-order valence-corrected chi connectivity index (χ2v) is 8.71. The first kappa shape index (κ1) is 22.0. The van der Waals surface area contributed by atoms with Gasteiger partial charge >= 0.3 is 0 Å². The van der Waals surface area contributed by atoms with Gasteiger partial charge in [0.15, 0.2) is 0 Å². The number of benzene rings is 2. The van der Waals surface area contributed by atoms with Gasteiger partial charge in [-0.2, -0.15) is 4.31 Å². The number of hydrogen-bond donors (Lipinski definition) is 1. The Morgan fingerprint density at radius 1 is 1.13 bits per heavy atom. The highest BCUT2D eigenvalue weighted by molar-refractivity contribution is 7.89. The highest BCUT2D eigenvalue weighted by Gasteiger charge is 2.35. The first-order chi connectivity index (χ1) is 14.3. The van der Waals surface area contributed by atoms with Gasteiger partial charge in [0.1, 0.15) is 33.7 Å². The Balaban J connectivity index is 1.83. The Morgan fingerprint density at radius 3 is 2.47 bits per heavy atom. The van der Waals surface area contributed by atoms with Crippen molar-refractivity contribution in [3.05, 3.63) is 48.0 Å². The molecule has 2 aromatic carbocycles. The van der Waals surface area contributed by atoms with Crippen LogP contribution in [0.25, 0.3) is 0 Å². The number of piperidine rings is 1. The standard InChI is InChI=1S/C20H22F2N2O5S/c1-28-14-8-9-17(29-2)18(11-14)30(26,27)24-10-4-5-13(12-24)20(25)23-19-15(21)6-3-7-16(19)22/h3,6-9,11,13H,4-5,10,12H2,1-2H3,(H,23,25). The first-order valence-electron chi connectivity index (χ1n) is 9.25. The van der Waals surface area contributed by atoms with Crippen LogP contribution in [0.1, 0.15) is 12.8 Å². The molecule has 1 heterocycles. The van der Waals surface area contributed by atoms with Crippen LogP contribution >= 0.6 is 0 Å². The third kappa shape index (κ3) is 4.39. The second-order valence-electron chi connectivity index (χ2n) is 6.80. The van der Waals surface area contributed by atoms with Gasteiger partial charge in [-0.3, -0.25) is 4.79 Å². The highest BCUT2D eigenvalue weighted by atomic mass is 32.2. The molecule has 1 saturated heterocycles. The first-order valence-corrected chi connectivity index (χ1v) is 10.7. The molecule has 1 aliphatic heterocycles. The van der Waals surface area contributed by atoms with Gasteiger partial charge in [-0.15, -0.1) is 0 Å². The molecule has 1 N–H and O–H groups in total. The van der Waals surface area contributed by atoms with Crippen LogP contribution in [0, 0.1) is 17.6 Å². The number of amides is 1. The van der Waals surface area contributed by atoms with E-state index in [2.05, 4.69) is 5.32 Å². The van der Waals surface area contributed by atoms with Crippen molar-refractivity contribution in [1.29, 1.82) is 0 Å².